The van der Waals surface area contributed by atoms with Gasteiger partial charge in [-0.3, -0.25) is 4.79 Å². The van der Waals surface area contributed by atoms with Crippen LogP contribution in [0.3, 0.4) is 0 Å². The van der Waals surface area contributed by atoms with E-state index in [1.807, 2.05) is 0 Å². The van der Waals surface area contributed by atoms with Gasteiger partial charge in [-0.05, 0) is 33.6 Å². The second-order valence-corrected chi connectivity index (χ2v) is 4.94. The van der Waals surface area contributed by atoms with Gasteiger partial charge in [-0.2, -0.15) is 0 Å². The molecule has 4 nitrogen and oxygen atoms in total. The van der Waals surface area contributed by atoms with Crippen molar-refractivity contribution in [3.05, 3.63) is 0 Å². The van der Waals surface area contributed by atoms with Gasteiger partial charge in [-0.15, -0.1) is 0 Å². The van der Waals surface area contributed by atoms with Crippen molar-refractivity contribution in [2.45, 2.75) is 46.5 Å². The molecule has 0 aliphatic heterocycles. The number of esters is 1. The van der Waals surface area contributed by atoms with Gasteiger partial charge in [0.1, 0.15) is 5.78 Å². The molecule has 0 aromatic heterocycles. The van der Waals surface area contributed by atoms with Crippen molar-refractivity contribution in [1.82, 2.24) is 0 Å². The number of ether oxygens (including phenoxy) is 2. The lowest BCUT2D eigenvalue weighted by Crippen LogP contribution is -2.30. The van der Waals surface area contributed by atoms with Crippen LogP contribution < -0.4 is 0 Å². The van der Waals surface area contributed by atoms with E-state index in [9.17, 15) is 9.59 Å². The number of carbonyl (C=O) groups is 2. The van der Waals surface area contributed by atoms with Crippen LogP contribution >= 0.6 is 0 Å². The van der Waals surface area contributed by atoms with Crippen LogP contribution in [0.1, 0.15) is 46.5 Å². The maximum absolute atomic E-state index is 11.3. The number of unbranched alkanes of at least 4 members (excludes halogenated alkanes) is 2. The highest BCUT2D eigenvalue weighted by Gasteiger charge is 2.28. The van der Waals surface area contributed by atoms with Gasteiger partial charge in [0.25, 0.3) is 0 Å². The van der Waals surface area contributed by atoms with Gasteiger partial charge in [-0.1, -0.05) is 6.42 Å². The molecule has 0 aliphatic carbocycles. The first-order valence-corrected chi connectivity index (χ1v) is 6.06. The highest BCUT2D eigenvalue weighted by Crippen LogP contribution is 2.17. The van der Waals surface area contributed by atoms with Crippen LogP contribution in [0.15, 0.2) is 0 Å². The molecule has 0 aliphatic rings. The second-order valence-electron chi connectivity index (χ2n) is 4.94. The fourth-order valence-corrected chi connectivity index (χ4v) is 1.42. The zero-order valence-electron chi connectivity index (χ0n) is 11.4. The SMILES string of the molecule is COC(=O)C(C)(C)COCCCCCC(C)=O. The Balaban J connectivity index is 3.51. The Hall–Kier alpha value is -0.900. The number of rotatable bonds is 9. The van der Waals surface area contributed by atoms with E-state index in [0.29, 0.717) is 19.6 Å². The first-order valence-electron chi connectivity index (χ1n) is 6.06. The van der Waals surface area contributed by atoms with Crippen molar-refractivity contribution in [1.29, 1.82) is 0 Å². The molecule has 0 amide bonds. The van der Waals surface area contributed by atoms with Gasteiger partial charge in [0, 0.05) is 13.0 Å². The maximum Gasteiger partial charge on any atom is 0.313 e. The smallest absolute Gasteiger partial charge is 0.313 e. The van der Waals surface area contributed by atoms with Gasteiger partial charge in [0.2, 0.25) is 0 Å². The minimum absolute atomic E-state index is 0.234. The molecule has 17 heavy (non-hydrogen) atoms. The maximum atomic E-state index is 11.3. The summed E-state index contributed by atoms with van der Waals surface area (Å²) in [5, 5.41) is 0. The average Bonchev–Trinajstić information content (AvgIpc) is 2.26. The Bertz CT molecular complexity index is 246. The summed E-state index contributed by atoms with van der Waals surface area (Å²) in [6.45, 7) is 6.20. The van der Waals surface area contributed by atoms with Crippen LogP contribution in [0.25, 0.3) is 0 Å². The fourth-order valence-electron chi connectivity index (χ4n) is 1.42. The van der Waals surface area contributed by atoms with Gasteiger partial charge in [0.15, 0.2) is 0 Å². The minimum Gasteiger partial charge on any atom is -0.469 e. The molecule has 0 aromatic carbocycles. The molecule has 0 rings (SSSR count). The largest absolute Gasteiger partial charge is 0.469 e. The summed E-state index contributed by atoms with van der Waals surface area (Å²) in [4.78, 5) is 22.0. The van der Waals surface area contributed by atoms with Crippen molar-refractivity contribution in [3.8, 4) is 0 Å². The molecule has 0 aromatic rings. The van der Waals surface area contributed by atoms with Crippen LogP contribution in [0.5, 0.6) is 0 Å². The first kappa shape index (κ1) is 16.1. The van der Waals surface area contributed by atoms with E-state index in [-0.39, 0.29) is 11.8 Å². The van der Waals surface area contributed by atoms with E-state index in [2.05, 4.69) is 4.74 Å². The number of hydrogen-bond acceptors (Lipinski definition) is 4. The monoisotopic (exact) mass is 244 g/mol. The van der Waals surface area contributed by atoms with E-state index < -0.39 is 5.41 Å². The summed E-state index contributed by atoms with van der Waals surface area (Å²) in [7, 11) is 1.38. The molecule has 4 heteroatoms. The van der Waals surface area contributed by atoms with E-state index in [1.165, 1.54) is 7.11 Å². The lowest BCUT2D eigenvalue weighted by molar-refractivity contribution is -0.154. The summed E-state index contributed by atoms with van der Waals surface area (Å²) >= 11 is 0. The van der Waals surface area contributed by atoms with Gasteiger partial charge >= 0.3 is 5.97 Å². The van der Waals surface area contributed by atoms with Gasteiger partial charge < -0.3 is 14.3 Å². The predicted molar refractivity (Wildman–Crippen MR) is 65.8 cm³/mol. The lowest BCUT2D eigenvalue weighted by atomic mass is 9.95. The number of carbonyl (C=O) groups excluding carboxylic acids is 2. The van der Waals surface area contributed by atoms with Crippen LogP contribution in [0.2, 0.25) is 0 Å². The molecule has 0 radical (unpaired) electrons. The Morgan fingerprint density at radius 3 is 2.29 bits per heavy atom. The first-order chi connectivity index (χ1) is 7.90. The number of ketones is 1. The highest BCUT2D eigenvalue weighted by atomic mass is 16.5. The molecule has 0 bridgehead atoms. The quantitative estimate of drug-likeness (QED) is 0.461. The van der Waals surface area contributed by atoms with Crippen molar-refractivity contribution < 1.29 is 19.1 Å². The van der Waals surface area contributed by atoms with Crippen LogP contribution in [-0.4, -0.2) is 32.1 Å². The van der Waals surface area contributed by atoms with Crippen LogP contribution in [0.4, 0.5) is 0 Å². The summed E-state index contributed by atoms with van der Waals surface area (Å²) in [5.74, 6) is -0.0215. The predicted octanol–water partition coefficient (Wildman–Crippen LogP) is 2.35. The molecule has 0 saturated carbocycles. The fraction of sp³-hybridized carbons (Fsp3) is 0.846. The third-order valence-electron chi connectivity index (χ3n) is 2.52. The molecule has 0 atom stereocenters. The van der Waals surface area contributed by atoms with E-state index in [0.717, 1.165) is 19.3 Å². The Kier molecular flexibility index (Phi) is 7.79. The number of methoxy groups -OCH3 is 1. The third kappa shape index (κ3) is 7.91. The Morgan fingerprint density at radius 1 is 1.12 bits per heavy atom. The molecular weight excluding hydrogens is 220 g/mol. The van der Waals surface area contributed by atoms with Gasteiger partial charge in [-0.25, -0.2) is 0 Å². The zero-order chi connectivity index (χ0) is 13.3. The van der Waals surface area contributed by atoms with Crippen molar-refractivity contribution in [2.75, 3.05) is 20.3 Å². The van der Waals surface area contributed by atoms with E-state index >= 15 is 0 Å². The molecule has 100 valence electrons. The van der Waals surface area contributed by atoms with E-state index in [4.69, 9.17) is 4.74 Å². The third-order valence-corrected chi connectivity index (χ3v) is 2.52. The molecule has 0 saturated heterocycles. The van der Waals surface area contributed by atoms with Crippen LogP contribution in [-0.2, 0) is 19.1 Å². The van der Waals surface area contributed by atoms with Crippen LogP contribution in [0, 0.1) is 5.41 Å². The standard InChI is InChI=1S/C13H24O4/c1-11(14)8-6-5-7-9-17-10-13(2,3)12(15)16-4/h5-10H2,1-4H3. The topological polar surface area (TPSA) is 52.6 Å². The Morgan fingerprint density at radius 2 is 1.76 bits per heavy atom. The van der Waals surface area contributed by atoms with Crippen molar-refractivity contribution in [2.24, 2.45) is 5.41 Å². The number of Topliss-reactive ketones (excluding diaryl/α,β-unsaturated/α-hetero) is 1. The normalized spacial score (nSPS) is 11.3. The summed E-state index contributed by atoms with van der Waals surface area (Å²) < 4.78 is 10.1. The molecule has 0 unspecified atom stereocenters. The molecular formula is C13H24O4. The minimum atomic E-state index is -0.589. The second kappa shape index (κ2) is 8.23. The lowest BCUT2D eigenvalue weighted by Gasteiger charge is -2.21. The summed E-state index contributed by atoms with van der Waals surface area (Å²) in [5.41, 5.74) is -0.589. The summed E-state index contributed by atoms with van der Waals surface area (Å²) in [6, 6.07) is 0. The molecule has 0 fully saturated rings. The average molecular weight is 244 g/mol. The van der Waals surface area contributed by atoms with Gasteiger partial charge in [0.05, 0.1) is 19.1 Å². The Labute approximate surface area is 104 Å². The molecule has 0 N–H and O–H groups in total. The molecule has 0 heterocycles. The van der Waals surface area contributed by atoms with Crippen molar-refractivity contribution >= 4 is 11.8 Å². The molecule has 0 spiro atoms. The van der Waals surface area contributed by atoms with E-state index in [1.54, 1.807) is 20.8 Å². The zero-order valence-corrected chi connectivity index (χ0v) is 11.4. The number of hydrogen-bond donors (Lipinski definition) is 0. The highest BCUT2D eigenvalue weighted by molar-refractivity contribution is 5.76. The summed E-state index contributed by atoms with van der Waals surface area (Å²) in [6.07, 6.45) is 3.47. The van der Waals surface area contributed by atoms with Crippen molar-refractivity contribution in [3.63, 3.8) is 0 Å².